The molecule has 3 nitrogen and oxygen atoms in total. The number of nitrogens with one attached hydrogen (secondary N) is 1. The summed E-state index contributed by atoms with van der Waals surface area (Å²) in [5.74, 6) is 1.87. The Morgan fingerprint density at radius 3 is 2.56 bits per heavy atom. The molecule has 0 unspecified atom stereocenters. The van der Waals surface area contributed by atoms with Gasteiger partial charge in [0.2, 0.25) is 0 Å². The molecule has 2 rings (SSSR count). The SMILES string of the molecule is CC(C)[C@H]1CSC(=NCC2(N(C)C)CCCC2)N1. The molecule has 0 aromatic heterocycles. The second-order valence-corrected chi connectivity index (χ2v) is 7.26. The minimum Gasteiger partial charge on any atom is -0.361 e. The Balaban J connectivity index is 1.94. The number of hydrogen-bond donors (Lipinski definition) is 1. The number of nitrogens with zero attached hydrogens (tertiary/aromatic N) is 2. The lowest BCUT2D eigenvalue weighted by Gasteiger charge is -2.34. The molecule has 1 aliphatic heterocycles. The number of aliphatic imine (C=N–C) groups is 1. The summed E-state index contributed by atoms with van der Waals surface area (Å²) in [6.07, 6.45) is 5.32. The van der Waals surface area contributed by atoms with Crippen LogP contribution in [0, 0.1) is 5.92 Å². The quantitative estimate of drug-likeness (QED) is 0.850. The Bertz CT molecular complexity index is 306. The third-order valence-corrected chi connectivity index (χ3v) is 5.56. The molecule has 2 fully saturated rings. The maximum absolute atomic E-state index is 4.86. The fourth-order valence-electron chi connectivity index (χ4n) is 2.86. The van der Waals surface area contributed by atoms with Crippen LogP contribution in [-0.4, -0.2) is 48.0 Å². The van der Waals surface area contributed by atoms with Gasteiger partial charge in [0, 0.05) is 17.3 Å². The third-order valence-electron chi connectivity index (χ3n) is 4.51. The van der Waals surface area contributed by atoms with Crippen molar-refractivity contribution in [1.82, 2.24) is 10.2 Å². The zero-order valence-electron chi connectivity index (χ0n) is 12.2. The predicted molar refractivity (Wildman–Crippen MR) is 81.4 cm³/mol. The van der Waals surface area contributed by atoms with E-state index in [0.717, 1.165) is 6.54 Å². The van der Waals surface area contributed by atoms with Gasteiger partial charge in [-0.3, -0.25) is 4.99 Å². The smallest absolute Gasteiger partial charge is 0.156 e. The topological polar surface area (TPSA) is 27.6 Å². The number of rotatable bonds is 4. The summed E-state index contributed by atoms with van der Waals surface area (Å²) in [6.45, 7) is 5.51. The average Bonchev–Trinajstić information content (AvgIpc) is 2.96. The van der Waals surface area contributed by atoms with Gasteiger partial charge in [-0.25, -0.2) is 0 Å². The summed E-state index contributed by atoms with van der Waals surface area (Å²) in [7, 11) is 4.41. The van der Waals surface area contributed by atoms with E-state index in [1.54, 1.807) is 0 Å². The summed E-state index contributed by atoms with van der Waals surface area (Å²) in [4.78, 5) is 7.25. The molecule has 2 aliphatic rings. The zero-order chi connectivity index (χ0) is 13.2. The molecule has 18 heavy (non-hydrogen) atoms. The Labute approximate surface area is 116 Å². The lowest BCUT2D eigenvalue weighted by molar-refractivity contribution is 0.167. The van der Waals surface area contributed by atoms with E-state index < -0.39 is 0 Å². The van der Waals surface area contributed by atoms with Crippen LogP contribution in [0.3, 0.4) is 0 Å². The lowest BCUT2D eigenvalue weighted by atomic mass is 9.96. The second kappa shape index (κ2) is 5.83. The van der Waals surface area contributed by atoms with E-state index >= 15 is 0 Å². The first-order chi connectivity index (χ1) is 8.53. The van der Waals surface area contributed by atoms with Gasteiger partial charge < -0.3 is 10.2 Å². The van der Waals surface area contributed by atoms with Crippen molar-refractivity contribution < 1.29 is 0 Å². The zero-order valence-corrected chi connectivity index (χ0v) is 13.0. The van der Waals surface area contributed by atoms with Crippen molar-refractivity contribution >= 4 is 16.9 Å². The maximum Gasteiger partial charge on any atom is 0.156 e. The molecule has 0 spiro atoms. The molecule has 0 radical (unpaired) electrons. The van der Waals surface area contributed by atoms with Gasteiger partial charge >= 0.3 is 0 Å². The summed E-state index contributed by atoms with van der Waals surface area (Å²) >= 11 is 1.89. The van der Waals surface area contributed by atoms with Gasteiger partial charge in [-0.2, -0.15) is 0 Å². The molecule has 0 aromatic carbocycles. The van der Waals surface area contributed by atoms with Gasteiger partial charge in [-0.05, 0) is 32.9 Å². The average molecular weight is 269 g/mol. The Hall–Kier alpha value is -0.220. The molecule has 1 N–H and O–H groups in total. The van der Waals surface area contributed by atoms with Crippen molar-refractivity contribution in [3.63, 3.8) is 0 Å². The van der Waals surface area contributed by atoms with Gasteiger partial charge in [0.1, 0.15) is 0 Å². The molecule has 1 heterocycles. The van der Waals surface area contributed by atoms with E-state index in [2.05, 4.69) is 38.2 Å². The molecule has 104 valence electrons. The van der Waals surface area contributed by atoms with Crippen molar-refractivity contribution in [2.24, 2.45) is 10.9 Å². The summed E-state index contributed by atoms with van der Waals surface area (Å²) in [5, 5.41) is 4.73. The molecule has 1 saturated carbocycles. The highest BCUT2D eigenvalue weighted by Gasteiger charge is 2.36. The molecular formula is C14H27N3S. The van der Waals surface area contributed by atoms with Crippen LogP contribution >= 0.6 is 11.8 Å². The minimum absolute atomic E-state index is 0.325. The standard InChI is InChI=1S/C14H27N3S/c1-11(2)12-9-18-13(16-12)15-10-14(17(3)4)7-5-6-8-14/h11-12H,5-10H2,1-4H3,(H,15,16)/t12-/m1/s1. The monoisotopic (exact) mass is 269 g/mol. The van der Waals surface area contributed by atoms with E-state index in [4.69, 9.17) is 4.99 Å². The normalized spacial score (nSPS) is 29.4. The van der Waals surface area contributed by atoms with Crippen LogP contribution in [0.2, 0.25) is 0 Å². The van der Waals surface area contributed by atoms with Gasteiger partial charge in [0.25, 0.3) is 0 Å². The second-order valence-electron chi connectivity index (χ2n) is 6.25. The summed E-state index contributed by atoms with van der Waals surface area (Å²) in [5.41, 5.74) is 0.325. The van der Waals surface area contributed by atoms with Gasteiger partial charge in [0.05, 0.1) is 6.54 Å². The number of likely N-dealkylation sites (N-methyl/N-ethyl adjacent to an activating group) is 1. The van der Waals surface area contributed by atoms with E-state index in [1.807, 2.05) is 11.8 Å². The molecule has 1 saturated heterocycles. The molecular weight excluding hydrogens is 242 g/mol. The highest BCUT2D eigenvalue weighted by Crippen LogP contribution is 2.34. The van der Waals surface area contributed by atoms with Crippen LogP contribution in [0.4, 0.5) is 0 Å². The third kappa shape index (κ3) is 3.02. The van der Waals surface area contributed by atoms with E-state index in [1.165, 1.54) is 36.6 Å². The number of amidine groups is 1. The minimum atomic E-state index is 0.325. The highest BCUT2D eigenvalue weighted by atomic mass is 32.2. The fourth-order valence-corrected chi connectivity index (χ4v) is 4.06. The number of thioether (sulfide) groups is 1. The maximum atomic E-state index is 4.86. The Morgan fingerprint density at radius 1 is 1.39 bits per heavy atom. The molecule has 0 amide bonds. The van der Waals surface area contributed by atoms with Crippen LogP contribution in [0.25, 0.3) is 0 Å². The molecule has 0 aromatic rings. The van der Waals surface area contributed by atoms with Gasteiger partial charge in [-0.15, -0.1) is 0 Å². The van der Waals surface area contributed by atoms with Gasteiger partial charge in [-0.1, -0.05) is 38.5 Å². The number of hydrogen-bond acceptors (Lipinski definition) is 3. The van der Waals surface area contributed by atoms with E-state index in [-0.39, 0.29) is 0 Å². The van der Waals surface area contributed by atoms with Crippen LogP contribution < -0.4 is 5.32 Å². The summed E-state index contributed by atoms with van der Waals surface area (Å²) in [6, 6.07) is 0.604. The predicted octanol–water partition coefficient (Wildman–Crippen LogP) is 2.58. The fraction of sp³-hybridized carbons (Fsp3) is 0.929. The van der Waals surface area contributed by atoms with Crippen molar-refractivity contribution in [2.45, 2.75) is 51.1 Å². The first kappa shape index (κ1) is 14.2. The first-order valence-electron chi connectivity index (χ1n) is 7.15. The Morgan fingerprint density at radius 2 is 2.06 bits per heavy atom. The molecule has 1 atom stereocenters. The largest absolute Gasteiger partial charge is 0.361 e. The lowest BCUT2D eigenvalue weighted by Crippen LogP contribution is -2.45. The molecule has 1 aliphatic carbocycles. The van der Waals surface area contributed by atoms with Crippen molar-refractivity contribution in [2.75, 3.05) is 26.4 Å². The highest BCUT2D eigenvalue weighted by molar-refractivity contribution is 8.14. The van der Waals surface area contributed by atoms with Crippen LogP contribution in [0.15, 0.2) is 4.99 Å². The summed E-state index contributed by atoms with van der Waals surface area (Å²) < 4.78 is 0. The van der Waals surface area contributed by atoms with Crippen molar-refractivity contribution in [3.8, 4) is 0 Å². The van der Waals surface area contributed by atoms with E-state index in [0.29, 0.717) is 17.5 Å². The van der Waals surface area contributed by atoms with Crippen LogP contribution in [0.5, 0.6) is 0 Å². The molecule has 0 bridgehead atoms. The first-order valence-corrected chi connectivity index (χ1v) is 8.13. The van der Waals surface area contributed by atoms with Crippen molar-refractivity contribution in [1.29, 1.82) is 0 Å². The molecule has 4 heteroatoms. The van der Waals surface area contributed by atoms with Crippen molar-refractivity contribution in [3.05, 3.63) is 0 Å². The van der Waals surface area contributed by atoms with E-state index in [9.17, 15) is 0 Å². The Kier molecular flexibility index (Phi) is 4.59. The van der Waals surface area contributed by atoms with Crippen LogP contribution in [-0.2, 0) is 0 Å². The van der Waals surface area contributed by atoms with Gasteiger partial charge in [0.15, 0.2) is 5.17 Å². The van der Waals surface area contributed by atoms with Crippen LogP contribution in [0.1, 0.15) is 39.5 Å².